The molecule has 1 aliphatic rings. The van der Waals surface area contributed by atoms with E-state index < -0.39 is 11.7 Å². The van der Waals surface area contributed by atoms with Crippen LogP contribution in [0, 0.1) is 5.82 Å². The minimum Gasteiger partial charge on any atom is -0.351 e. The molecule has 0 unspecified atom stereocenters. The van der Waals surface area contributed by atoms with Crippen LogP contribution in [0.3, 0.4) is 0 Å². The summed E-state index contributed by atoms with van der Waals surface area (Å²) in [5.41, 5.74) is 6.04. The van der Waals surface area contributed by atoms with Crippen LogP contribution >= 0.6 is 36.2 Å². The van der Waals surface area contributed by atoms with Gasteiger partial charge in [0.15, 0.2) is 0 Å². The summed E-state index contributed by atoms with van der Waals surface area (Å²) in [7, 11) is 0. The number of thiazole rings is 1. The fourth-order valence-corrected chi connectivity index (χ4v) is 3.56. The topological polar surface area (TPSA) is 91.6 Å². The highest BCUT2D eigenvalue weighted by molar-refractivity contribution is 7.09. The molecule has 0 atom stereocenters. The molecule has 0 aliphatic carbocycles. The third-order valence-corrected chi connectivity index (χ3v) is 5.31. The molecule has 1 fully saturated rings. The number of hydrogen-bond donors (Lipinski definition) is 2. The van der Waals surface area contributed by atoms with Crippen molar-refractivity contribution >= 4 is 48.0 Å². The van der Waals surface area contributed by atoms with Gasteiger partial charge in [0.25, 0.3) is 11.8 Å². The lowest BCUT2D eigenvalue weighted by molar-refractivity contribution is 0.0633. The fourth-order valence-electron chi connectivity index (χ4n) is 2.91. The molecule has 1 aromatic heterocycles. The SMILES string of the molecule is Cl.Cl.NCc1nc(C(=O)N2CCN(CCNC(=O)c3ccccc3F)CC2)cs1. The van der Waals surface area contributed by atoms with E-state index in [1.54, 1.807) is 22.4 Å². The summed E-state index contributed by atoms with van der Waals surface area (Å²) in [5.74, 6) is -1.01. The summed E-state index contributed by atoms with van der Waals surface area (Å²) in [5, 5.41) is 5.23. The Kier molecular flexibility index (Phi) is 10.5. The molecule has 0 spiro atoms. The minimum absolute atomic E-state index is 0. The first-order valence-corrected chi connectivity index (χ1v) is 9.65. The van der Waals surface area contributed by atoms with E-state index >= 15 is 0 Å². The summed E-state index contributed by atoms with van der Waals surface area (Å²) in [6, 6.07) is 5.91. The molecule has 0 radical (unpaired) electrons. The quantitative estimate of drug-likeness (QED) is 0.680. The first kappa shape index (κ1) is 25.3. The Morgan fingerprint density at radius 2 is 1.86 bits per heavy atom. The smallest absolute Gasteiger partial charge is 0.273 e. The number of piperazine rings is 1. The van der Waals surface area contributed by atoms with Crippen LogP contribution in [0.4, 0.5) is 4.39 Å². The molecule has 1 saturated heterocycles. The molecule has 7 nitrogen and oxygen atoms in total. The van der Waals surface area contributed by atoms with Crippen molar-refractivity contribution in [2.24, 2.45) is 5.73 Å². The van der Waals surface area contributed by atoms with Gasteiger partial charge < -0.3 is 16.0 Å². The lowest BCUT2D eigenvalue weighted by Crippen LogP contribution is -2.50. The van der Waals surface area contributed by atoms with Crippen molar-refractivity contribution in [2.45, 2.75) is 6.54 Å². The minimum atomic E-state index is -0.526. The molecule has 1 aliphatic heterocycles. The van der Waals surface area contributed by atoms with Crippen LogP contribution in [0.2, 0.25) is 0 Å². The molecule has 0 bridgehead atoms. The molecule has 3 N–H and O–H groups in total. The molecule has 1 aromatic carbocycles. The number of hydrogen-bond acceptors (Lipinski definition) is 6. The molecule has 2 amide bonds. The third kappa shape index (κ3) is 6.61. The van der Waals surface area contributed by atoms with E-state index in [9.17, 15) is 14.0 Å². The van der Waals surface area contributed by atoms with Gasteiger partial charge in [-0.25, -0.2) is 9.37 Å². The summed E-state index contributed by atoms with van der Waals surface area (Å²) in [6.07, 6.45) is 0. The third-order valence-electron chi connectivity index (χ3n) is 4.44. The lowest BCUT2D eigenvalue weighted by Gasteiger charge is -2.34. The van der Waals surface area contributed by atoms with Crippen LogP contribution in [0.25, 0.3) is 0 Å². The number of nitrogens with one attached hydrogen (secondary N) is 1. The first-order chi connectivity index (χ1) is 13.1. The monoisotopic (exact) mass is 463 g/mol. The average molecular weight is 464 g/mol. The van der Waals surface area contributed by atoms with Crippen molar-refractivity contribution in [3.05, 3.63) is 51.7 Å². The number of carbonyl (C=O) groups excluding carboxylic acids is 2. The zero-order chi connectivity index (χ0) is 19.2. The van der Waals surface area contributed by atoms with E-state index in [4.69, 9.17) is 5.73 Å². The highest BCUT2D eigenvalue weighted by Gasteiger charge is 2.23. The molecule has 29 heavy (non-hydrogen) atoms. The molecular weight excluding hydrogens is 440 g/mol. The molecule has 3 rings (SSSR count). The van der Waals surface area contributed by atoms with Gasteiger partial charge in [0, 0.05) is 51.2 Å². The summed E-state index contributed by atoms with van der Waals surface area (Å²) in [4.78, 5) is 32.6. The zero-order valence-corrected chi connectivity index (χ0v) is 18.1. The molecule has 160 valence electrons. The largest absolute Gasteiger partial charge is 0.351 e. The second-order valence-corrected chi connectivity index (χ2v) is 7.14. The van der Waals surface area contributed by atoms with E-state index in [-0.39, 0.29) is 36.3 Å². The van der Waals surface area contributed by atoms with Gasteiger partial charge in [0.05, 0.1) is 5.56 Å². The van der Waals surface area contributed by atoms with E-state index in [1.807, 2.05) is 0 Å². The fraction of sp³-hybridized carbons (Fsp3) is 0.389. The Morgan fingerprint density at radius 1 is 1.17 bits per heavy atom. The number of nitrogens with zero attached hydrogens (tertiary/aromatic N) is 3. The summed E-state index contributed by atoms with van der Waals surface area (Å²) in [6.45, 7) is 4.06. The van der Waals surface area contributed by atoms with Crippen molar-refractivity contribution in [1.82, 2.24) is 20.1 Å². The molecule has 11 heteroatoms. The lowest BCUT2D eigenvalue weighted by atomic mass is 10.2. The Labute approximate surface area is 185 Å². The number of nitrogens with two attached hydrogens (primary N) is 1. The molecule has 2 aromatic rings. The van der Waals surface area contributed by atoms with E-state index in [0.29, 0.717) is 38.4 Å². The van der Waals surface area contributed by atoms with Crippen LogP contribution in [-0.4, -0.2) is 65.9 Å². The normalized spacial score (nSPS) is 13.9. The van der Waals surface area contributed by atoms with Crippen molar-refractivity contribution in [3.8, 4) is 0 Å². The van der Waals surface area contributed by atoms with Crippen molar-refractivity contribution in [2.75, 3.05) is 39.3 Å². The van der Waals surface area contributed by atoms with E-state index in [1.165, 1.54) is 23.5 Å². The Bertz CT molecular complexity index is 815. The Morgan fingerprint density at radius 3 is 2.48 bits per heavy atom. The van der Waals surface area contributed by atoms with Gasteiger partial charge in [-0.2, -0.15) is 0 Å². The second kappa shape index (κ2) is 12.0. The van der Waals surface area contributed by atoms with Gasteiger partial charge in [-0.3, -0.25) is 14.5 Å². The average Bonchev–Trinajstić information content (AvgIpc) is 3.17. The Hall–Kier alpha value is -1.78. The van der Waals surface area contributed by atoms with Gasteiger partial charge in [-0.1, -0.05) is 12.1 Å². The highest BCUT2D eigenvalue weighted by atomic mass is 35.5. The van der Waals surface area contributed by atoms with Crippen molar-refractivity contribution in [3.63, 3.8) is 0 Å². The van der Waals surface area contributed by atoms with Gasteiger partial charge in [0.2, 0.25) is 0 Å². The van der Waals surface area contributed by atoms with Gasteiger partial charge in [-0.05, 0) is 12.1 Å². The summed E-state index contributed by atoms with van der Waals surface area (Å²) < 4.78 is 13.6. The van der Waals surface area contributed by atoms with E-state index in [0.717, 1.165) is 18.1 Å². The van der Waals surface area contributed by atoms with Crippen molar-refractivity contribution in [1.29, 1.82) is 0 Å². The predicted molar refractivity (Wildman–Crippen MR) is 116 cm³/mol. The number of carbonyl (C=O) groups is 2. The maximum absolute atomic E-state index is 13.6. The van der Waals surface area contributed by atoms with Gasteiger partial charge in [0.1, 0.15) is 16.5 Å². The number of halogens is 3. The standard InChI is InChI=1S/C18H22FN5O2S.2ClH/c19-14-4-2-1-3-13(14)17(25)21-5-6-23-7-9-24(10-8-23)18(26)15-12-27-16(11-20)22-15;;/h1-4,12H,5-11,20H2,(H,21,25);2*1H. The maximum Gasteiger partial charge on any atom is 0.273 e. The van der Waals surface area contributed by atoms with Crippen LogP contribution in [0.1, 0.15) is 25.9 Å². The number of aromatic nitrogens is 1. The Balaban J connectivity index is 0.00000210. The van der Waals surface area contributed by atoms with Crippen LogP contribution < -0.4 is 11.1 Å². The van der Waals surface area contributed by atoms with E-state index in [2.05, 4.69) is 15.2 Å². The number of rotatable bonds is 6. The van der Waals surface area contributed by atoms with Crippen LogP contribution in [0.15, 0.2) is 29.6 Å². The highest BCUT2D eigenvalue weighted by Crippen LogP contribution is 2.13. The number of benzene rings is 1. The van der Waals surface area contributed by atoms with Crippen molar-refractivity contribution < 1.29 is 14.0 Å². The molecular formula is C18H24Cl2FN5O2S. The first-order valence-electron chi connectivity index (χ1n) is 8.77. The van der Waals surface area contributed by atoms with Gasteiger partial charge >= 0.3 is 0 Å². The molecule has 2 heterocycles. The maximum atomic E-state index is 13.6. The van der Waals surface area contributed by atoms with Crippen LogP contribution in [0.5, 0.6) is 0 Å². The van der Waals surface area contributed by atoms with Crippen LogP contribution in [-0.2, 0) is 6.54 Å². The zero-order valence-electron chi connectivity index (χ0n) is 15.7. The number of amides is 2. The summed E-state index contributed by atoms with van der Waals surface area (Å²) >= 11 is 1.39. The van der Waals surface area contributed by atoms with Gasteiger partial charge in [-0.15, -0.1) is 36.2 Å². The molecule has 0 saturated carbocycles. The predicted octanol–water partition coefficient (Wildman–Crippen LogP) is 1.77. The second-order valence-electron chi connectivity index (χ2n) is 6.20.